The molecule has 0 saturated carbocycles. The third-order valence-corrected chi connectivity index (χ3v) is 6.94. The number of rotatable bonds is 7. The highest BCUT2D eigenvalue weighted by atomic mass is 32.2. The lowest BCUT2D eigenvalue weighted by Gasteiger charge is -2.30. The van der Waals surface area contributed by atoms with Gasteiger partial charge in [0.15, 0.2) is 0 Å². The van der Waals surface area contributed by atoms with Gasteiger partial charge in [0, 0.05) is 48.4 Å². The summed E-state index contributed by atoms with van der Waals surface area (Å²) in [5, 5.41) is 3.31. The predicted molar refractivity (Wildman–Crippen MR) is 138 cm³/mol. The number of nitrogens with zero attached hydrogens (tertiary/aromatic N) is 3. The van der Waals surface area contributed by atoms with Crippen molar-refractivity contribution in [3.8, 4) is 11.1 Å². The summed E-state index contributed by atoms with van der Waals surface area (Å²) in [5.41, 5.74) is 4.69. The van der Waals surface area contributed by atoms with Gasteiger partial charge in [0.1, 0.15) is 5.82 Å². The first-order valence-corrected chi connectivity index (χ1v) is 12.6. The van der Waals surface area contributed by atoms with E-state index in [2.05, 4.69) is 50.3 Å². The fourth-order valence-electron chi connectivity index (χ4n) is 4.35. The van der Waals surface area contributed by atoms with Gasteiger partial charge in [-0.05, 0) is 61.8 Å². The molecule has 2 aromatic carbocycles. The number of hydrogen-bond acceptors (Lipinski definition) is 6. The van der Waals surface area contributed by atoms with E-state index in [0.717, 1.165) is 40.6 Å². The van der Waals surface area contributed by atoms with Crippen LogP contribution in [0.25, 0.3) is 11.1 Å². The minimum Gasteiger partial charge on any atom is -0.367 e. The van der Waals surface area contributed by atoms with Crippen molar-refractivity contribution in [2.45, 2.75) is 12.8 Å². The molecule has 0 spiro atoms. The van der Waals surface area contributed by atoms with Crippen LogP contribution in [0.4, 0.5) is 17.2 Å². The molecule has 1 fully saturated rings. The number of aromatic nitrogens is 1. The number of anilines is 3. The number of carbonyl (C=O) groups is 1. The van der Waals surface area contributed by atoms with Crippen LogP contribution >= 0.6 is 11.9 Å². The number of pyridine rings is 1. The van der Waals surface area contributed by atoms with E-state index in [1.807, 2.05) is 41.4 Å². The predicted octanol–water partition coefficient (Wildman–Crippen LogP) is 4.98. The van der Waals surface area contributed by atoms with E-state index in [9.17, 15) is 4.79 Å². The molecule has 0 atom stereocenters. The van der Waals surface area contributed by atoms with Crippen molar-refractivity contribution in [2.75, 3.05) is 53.4 Å². The monoisotopic (exact) mass is 459 g/mol. The number of carbonyl (C=O) groups excluding carboxylic acids is 1. The standard InChI is InChI=1S/C26H29N5OS/c32-26(21-6-2-1-3-7-21)31-15-12-27-25-24(31)18-22(19-28-25)20-8-10-23(11-9-20)29-33-17-16-30-13-4-5-14-30/h1-3,6-11,18-19,29H,4-5,12-17H2,(H,27,28). The average molecular weight is 460 g/mol. The molecule has 0 aliphatic carbocycles. The van der Waals surface area contributed by atoms with E-state index in [0.29, 0.717) is 18.7 Å². The third kappa shape index (κ3) is 5.15. The van der Waals surface area contributed by atoms with Gasteiger partial charge in [-0.25, -0.2) is 4.98 Å². The zero-order valence-corrected chi connectivity index (χ0v) is 19.5. The van der Waals surface area contributed by atoms with Gasteiger partial charge < -0.3 is 19.8 Å². The molecular weight excluding hydrogens is 430 g/mol. The second kappa shape index (κ2) is 10.3. The van der Waals surface area contributed by atoms with Gasteiger partial charge in [0.05, 0.1) is 5.69 Å². The summed E-state index contributed by atoms with van der Waals surface area (Å²) in [6.07, 6.45) is 4.55. The highest BCUT2D eigenvalue weighted by Gasteiger charge is 2.24. The largest absolute Gasteiger partial charge is 0.367 e. The number of amides is 1. The molecule has 2 N–H and O–H groups in total. The van der Waals surface area contributed by atoms with Crippen LogP contribution in [0.15, 0.2) is 66.9 Å². The summed E-state index contributed by atoms with van der Waals surface area (Å²) >= 11 is 1.76. The molecule has 0 unspecified atom stereocenters. The lowest BCUT2D eigenvalue weighted by atomic mass is 10.1. The molecule has 6 nitrogen and oxygen atoms in total. The van der Waals surface area contributed by atoms with E-state index < -0.39 is 0 Å². The molecule has 1 amide bonds. The SMILES string of the molecule is O=C(c1ccccc1)N1CCNc2ncc(-c3ccc(NSCCN4CCCC4)cc3)cc21. The molecule has 7 heteroatoms. The normalized spacial score (nSPS) is 15.7. The molecule has 0 bridgehead atoms. The molecule has 1 aromatic heterocycles. The van der Waals surface area contributed by atoms with E-state index in [-0.39, 0.29) is 5.91 Å². The number of fused-ring (bicyclic) bond motifs is 1. The van der Waals surface area contributed by atoms with Gasteiger partial charge >= 0.3 is 0 Å². The molecule has 3 heterocycles. The zero-order chi connectivity index (χ0) is 22.5. The number of likely N-dealkylation sites (tertiary alicyclic amines) is 1. The van der Waals surface area contributed by atoms with Crippen LogP contribution in [0.1, 0.15) is 23.2 Å². The topological polar surface area (TPSA) is 60.5 Å². The second-order valence-corrected chi connectivity index (χ2v) is 9.32. The fourth-order valence-corrected chi connectivity index (χ4v) is 5.11. The quantitative estimate of drug-likeness (QED) is 0.384. The molecular formula is C26H29N5OS. The summed E-state index contributed by atoms with van der Waals surface area (Å²) < 4.78 is 3.45. The maximum absolute atomic E-state index is 13.1. The van der Waals surface area contributed by atoms with E-state index in [1.165, 1.54) is 25.9 Å². The highest BCUT2D eigenvalue weighted by Crippen LogP contribution is 2.33. The van der Waals surface area contributed by atoms with Crippen LogP contribution in [-0.2, 0) is 0 Å². The molecule has 5 rings (SSSR count). The molecule has 0 radical (unpaired) electrons. The van der Waals surface area contributed by atoms with Crippen LogP contribution in [0.5, 0.6) is 0 Å². The van der Waals surface area contributed by atoms with Crippen molar-refractivity contribution < 1.29 is 4.79 Å². The third-order valence-electron chi connectivity index (χ3n) is 6.17. The number of benzene rings is 2. The van der Waals surface area contributed by atoms with Gasteiger partial charge in [-0.2, -0.15) is 0 Å². The van der Waals surface area contributed by atoms with Crippen molar-refractivity contribution in [1.29, 1.82) is 0 Å². The van der Waals surface area contributed by atoms with Crippen LogP contribution in [0.3, 0.4) is 0 Å². The first-order chi connectivity index (χ1) is 16.3. The molecule has 33 heavy (non-hydrogen) atoms. The van der Waals surface area contributed by atoms with Crippen LogP contribution in [0.2, 0.25) is 0 Å². The van der Waals surface area contributed by atoms with Crippen molar-refractivity contribution in [3.63, 3.8) is 0 Å². The zero-order valence-electron chi connectivity index (χ0n) is 18.7. The summed E-state index contributed by atoms with van der Waals surface area (Å²) in [5.74, 6) is 1.83. The Labute approximate surface area is 199 Å². The number of nitrogens with one attached hydrogen (secondary N) is 2. The van der Waals surface area contributed by atoms with Gasteiger partial charge in [-0.1, -0.05) is 42.3 Å². The molecule has 1 saturated heterocycles. The second-order valence-electron chi connectivity index (χ2n) is 8.42. The number of hydrogen-bond donors (Lipinski definition) is 2. The van der Waals surface area contributed by atoms with E-state index in [1.54, 1.807) is 11.9 Å². The molecule has 170 valence electrons. The molecule has 3 aromatic rings. The van der Waals surface area contributed by atoms with Gasteiger partial charge in [-0.15, -0.1) is 0 Å². The Balaban J connectivity index is 1.26. The highest BCUT2D eigenvalue weighted by molar-refractivity contribution is 8.00. The van der Waals surface area contributed by atoms with Gasteiger partial charge in [0.25, 0.3) is 5.91 Å². The summed E-state index contributed by atoms with van der Waals surface area (Å²) in [6.45, 7) is 4.93. The summed E-state index contributed by atoms with van der Waals surface area (Å²) in [4.78, 5) is 22.1. The maximum atomic E-state index is 13.1. The lowest BCUT2D eigenvalue weighted by molar-refractivity contribution is 0.0987. The smallest absolute Gasteiger partial charge is 0.258 e. The Bertz CT molecular complexity index is 1080. The van der Waals surface area contributed by atoms with Gasteiger partial charge in [-0.3, -0.25) is 4.79 Å². The van der Waals surface area contributed by atoms with Crippen LogP contribution < -0.4 is 14.9 Å². The summed E-state index contributed by atoms with van der Waals surface area (Å²) in [6, 6.07) is 19.9. The molecule has 2 aliphatic rings. The van der Waals surface area contributed by atoms with Crippen LogP contribution in [-0.4, -0.2) is 54.3 Å². The average Bonchev–Trinajstić information content (AvgIpc) is 3.40. The molecule has 2 aliphatic heterocycles. The van der Waals surface area contributed by atoms with Crippen LogP contribution in [0, 0.1) is 0 Å². The van der Waals surface area contributed by atoms with Crippen molar-refractivity contribution in [1.82, 2.24) is 9.88 Å². The Morgan fingerprint density at radius 1 is 1.00 bits per heavy atom. The Hall–Kier alpha value is -3.03. The fraction of sp³-hybridized carbons (Fsp3) is 0.308. The first kappa shape index (κ1) is 21.8. The van der Waals surface area contributed by atoms with E-state index >= 15 is 0 Å². The Morgan fingerprint density at radius 3 is 2.58 bits per heavy atom. The Kier molecular flexibility index (Phi) is 6.79. The first-order valence-electron chi connectivity index (χ1n) is 11.6. The maximum Gasteiger partial charge on any atom is 0.258 e. The minimum atomic E-state index is 0.00260. The lowest BCUT2D eigenvalue weighted by Crippen LogP contribution is -2.39. The summed E-state index contributed by atoms with van der Waals surface area (Å²) in [7, 11) is 0. The minimum absolute atomic E-state index is 0.00260. The van der Waals surface area contributed by atoms with Crippen molar-refractivity contribution in [2.24, 2.45) is 0 Å². The van der Waals surface area contributed by atoms with Gasteiger partial charge in [0.2, 0.25) is 0 Å². The van der Waals surface area contributed by atoms with E-state index in [4.69, 9.17) is 0 Å². The Morgan fingerprint density at radius 2 is 1.79 bits per heavy atom. The van der Waals surface area contributed by atoms with Crippen molar-refractivity contribution in [3.05, 3.63) is 72.4 Å². The van der Waals surface area contributed by atoms with Crippen molar-refractivity contribution >= 4 is 35.0 Å².